The molecule has 41 heavy (non-hydrogen) atoms. The van der Waals surface area contributed by atoms with Gasteiger partial charge >= 0.3 is 0 Å². The molecule has 0 spiro atoms. The van der Waals surface area contributed by atoms with Crippen molar-refractivity contribution < 1.29 is 0 Å². The van der Waals surface area contributed by atoms with E-state index in [1.54, 1.807) is 0 Å². The number of hydrogen-bond acceptors (Lipinski definition) is 0. The van der Waals surface area contributed by atoms with Gasteiger partial charge in [0, 0.05) is 0 Å². The third-order valence-electron chi connectivity index (χ3n) is 8.35. The van der Waals surface area contributed by atoms with Gasteiger partial charge in [0.25, 0.3) is 0 Å². The fourth-order valence-corrected chi connectivity index (χ4v) is 6.81. The molecule has 0 unspecified atom stereocenters. The van der Waals surface area contributed by atoms with E-state index >= 15 is 0 Å². The predicted molar refractivity (Wildman–Crippen MR) is 184 cm³/mol. The minimum atomic E-state index is -0.184. The van der Waals surface area contributed by atoms with Crippen molar-refractivity contribution in [2.45, 2.75) is 27.2 Å². The highest BCUT2D eigenvalue weighted by molar-refractivity contribution is 7.64. The van der Waals surface area contributed by atoms with Crippen LogP contribution in [-0.4, -0.2) is 13.3 Å². The highest BCUT2D eigenvalue weighted by atomic mass is 31.1. The molecule has 0 nitrogen and oxygen atoms in total. The molecule has 0 amide bonds. The van der Waals surface area contributed by atoms with Crippen LogP contribution in [0, 0.1) is 6.92 Å². The van der Waals surface area contributed by atoms with Crippen molar-refractivity contribution in [3.8, 4) is 22.3 Å². The highest BCUT2D eigenvalue weighted by Crippen LogP contribution is 2.41. The van der Waals surface area contributed by atoms with Crippen LogP contribution in [0.5, 0.6) is 0 Å². The second-order valence-corrected chi connectivity index (χ2v) is 13.6. The summed E-state index contributed by atoms with van der Waals surface area (Å²) in [5, 5.41) is 6.57. The van der Waals surface area contributed by atoms with Gasteiger partial charge in [0.1, 0.15) is 0 Å². The fraction of sp³-hybridized carbons (Fsp3) is 0.150. The molecule has 1 heteroatoms. The van der Waals surface area contributed by atoms with E-state index in [0.29, 0.717) is 0 Å². The van der Waals surface area contributed by atoms with Crippen molar-refractivity contribution in [2.24, 2.45) is 0 Å². The molecule has 0 N–H and O–H groups in total. The van der Waals surface area contributed by atoms with E-state index in [4.69, 9.17) is 0 Å². The smallest absolute Gasteiger partial charge is 0.00264 e. The van der Waals surface area contributed by atoms with Crippen LogP contribution in [0.2, 0.25) is 0 Å². The van der Waals surface area contributed by atoms with Crippen LogP contribution in [0.25, 0.3) is 49.4 Å². The Morgan fingerprint density at radius 2 is 1.24 bits per heavy atom. The molecule has 0 saturated heterocycles. The van der Waals surface area contributed by atoms with Crippen molar-refractivity contribution in [1.82, 2.24) is 0 Å². The standard InChI is InChI=1S/C40H37P/c1-6-27(2)39(36-19-10-7-14-28(36)3)33-23-32(29-17-13-18-35(26-29)41(4)5)24-34(25-33)40-37-20-11-8-15-30(37)22-31-16-9-12-21-38(31)40/h7-26H,6H2,1-5H3/b39-27+. The van der Waals surface area contributed by atoms with Crippen molar-refractivity contribution in [3.05, 3.63) is 144 Å². The zero-order valence-electron chi connectivity index (χ0n) is 24.7. The summed E-state index contributed by atoms with van der Waals surface area (Å²) in [4.78, 5) is 0. The Labute approximate surface area is 246 Å². The van der Waals surface area contributed by atoms with E-state index in [9.17, 15) is 0 Å². The van der Waals surface area contributed by atoms with E-state index in [1.165, 1.54) is 76.9 Å². The number of fused-ring (bicyclic) bond motifs is 2. The number of aryl methyl sites for hydroxylation is 1. The summed E-state index contributed by atoms with van der Waals surface area (Å²) in [6, 6.07) is 45.3. The highest BCUT2D eigenvalue weighted by Gasteiger charge is 2.17. The number of benzene rings is 6. The topological polar surface area (TPSA) is 0 Å². The molecule has 0 bridgehead atoms. The Morgan fingerprint density at radius 1 is 0.610 bits per heavy atom. The first-order valence-electron chi connectivity index (χ1n) is 14.5. The molecule has 6 aromatic carbocycles. The third-order valence-corrected chi connectivity index (χ3v) is 9.66. The summed E-state index contributed by atoms with van der Waals surface area (Å²) >= 11 is 0. The zero-order chi connectivity index (χ0) is 28.5. The molecule has 0 heterocycles. The lowest BCUT2D eigenvalue weighted by Gasteiger charge is -2.20. The molecule has 0 atom stereocenters. The molecule has 0 aliphatic carbocycles. The Morgan fingerprint density at radius 3 is 1.90 bits per heavy atom. The van der Waals surface area contributed by atoms with Crippen molar-refractivity contribution in [1.29, 1.82) is 0 Å². The van der Waals surface area contributed by atoms with Crippen molar-refractivity contribution in [3.63, 3.8) is 0 Å². The SMILES string of the molecule is CC/C(C)=C(\c1cc(-c2cccc(P(C)C)c2)cc(-c2c3ccccc3cc3ccccc23)c1)c1ccccc1C. The number of allylic oxidation sites excluding steroid dienone is 1. The van der Waals surface area contributed by atoms with Crippen LogP contribution >= 0.6 is 7.92 Å². The average molecular weight is 549 g/mol. The normalized spacial score (nSPS) is 12.2. The summed E-state index contributed by atoms with van der Waals surface area (Å²) in [7, 11) is -0.184. The number of hydrogen-bond donors (Lipinski definition) is 0. The van der Waals surface area contributed by atoms with Gasteiger partial charge < -0.3 is 0 Å². The average Bonchev–Trinajstić information content (AvgIpc) is 3.00. The van der Waals surface area contributed by atoms with E-state index in [1.807, 2.05) is 0 Å². The van der Waals surface area contributed by atoms with Gasteiger partial charge in [0.05, 0.1) is 0 Å². The van der Waals surface area contributed by atoms with E-state index < -0.39 is 0 Å². The zero-order valence-corrected chi connectivity index (χ0v) is 25.6. The van der Waals surface area contributed by atoms with Gasteiger partial charge in [-0.25, -0.2) is 0 Å². The Kier molecular flexibility index (Phi) is 7.61. The van der Waals surface area contributed by atoms with Crippen LogP contribution in [0.4, 0.5) is 0 Å². The minimum Gasteiger partial charge on any atom is -0.0817 e. The molecular weight excluding hydrogens is 511 g/mol. The molecule has 0 fully saturated rings. The summed E-state index contributed by atoms with van der Waals surface area (Å²) in [6.07, 6.45) is 1.01. The van der Waals surface area contributed by atoms with E-state index in [0.717, 1.165) is 6.42 Å². The first-order chi connectivity index (χ1) is 19.9. The summed E-state index contributed by atoms with van der Waals surface area (Å²) in [5.41, 5.74) is 11.8. The van der Waals surface area contributed by atoms with E-state index in [2.05, 4.69) is 155 Å². The van der Waals surface area contributed by atoms with Crippen molar-refractivity contribution in [2.75, 3.05) is 13.3 Å². The largest absolute Gasteiger partial charge is 0.0817 e. The van der Waals surface area contributed by atoms with E-state index in [-0.39, 0.29) is 7.92 Å². The maximum atomic E-state index is 2.44. The Bertz CT molecular complexity index is 1870. The van der Waals surface area contributed by atoms with Gasteiger partial charge in [-0.15, -0.1) is 0 Å². The Balaban J connectivity index is 1.72. The molecule has 202 valence electrons. The first kappa shape index (κ1) is 27.2. The van der Waals surface area contributed by atoms with Crippen LogP contribution in [-0.2, 0) is 0 Å². The molecule has 0 aromatic heterocycles. The first-order valence-corrected chi connectivity index (χ1v) is 16.8. The van der Waals surface area contributed by atoms with Gasteiger partial charge in [-0.05, 0) is 135 Å². The maximum Gasteiger partial charge on any atom is -0.00264 e. The lowest BCUT2D eigenvalue weighted by atomic mass is 9.85. The second-order valence-electron chi connectivity index (χ2n) is 11.3. The van der Waals surface area contributed by atoms with Gasteiger partial charge in [0.15, 0.2) is 0 Å². The fourth-order valence-electron chi connectivity index (χ4n) is 6.03. The predicted octanol–water partition coefficient (Wildman–Crippen LogP) is 11.2. The maximum absolute atomic E-state index is 2.44. The second kappa shape index (κ2) is 11.5. The third kappa shape index (κ3) is 5.26. The van der Waals surface area contributed by atoms with Gasteiger partial charge in [0.2, 0.25) is 0 Å². The van der Waals surface area contributed by atoms with Gasteiger partial charge in [-0.2, -0.15) is 0 Å². The Hall–Kier alpha value is -3.99. The molecule has 0 radical (unpaired) electrons. The molecule has 0 aliphatic rings. The quantitative estimate of drug-likeness (QED) is 0.143. The van der Waals surface area contributed by atoms with Crippen LogP contribution in [0.15, 0.2) is 127 Å². The summed E-state index contributed by atoms with van der Waals surface area (Å²) in [6.45, 7) is 11.5. The van der Waals surface area contributed by atoms with Crippen LogP contribution < -0.4 is 5.30 Å². The molecule has 0 aliphatic heterocycles. The molecule has 0 saturated carbocycles. The summed E-state index contributed by atoms with van der Waals surface area (Å²) in [5.74, 6) is 0. The lowest BCUT2D eigenvalue weighted by Crippen LogP contribution is -2.00. The summed E-state index contributed by atoms with van der Waals surface area (Å²) < 4.78 is 0. The van der Waals surface area contributed by atoms with Crippen LogP contribution in [0.3, 0.4) is 0 Å². The minimum absolute atomic E-state index is 0.184. The molecular formula is C40H37P. The monoisotopic (exact) mass is 548 g/mol. The molecule has 6 rings (SSSR count). The number of rotatable bonds is 6. The van der Waals surface area contributed by atoms with Crippen LogP contribution in [0.1, 0.15) is 37.0 Å². The lowest BCUT2D eigenvalue weighted by molar-refractivity contribution is 1.10. The molecule has 6 aromatic rings. The van der Waals surface area contributed by atoms with Gasteiger partial charge in [-0.3, -0.25) is 0 Å². The van der Waals surface area contributed by atoms with Gasteiger partial charge in [-0.1, -0.05) is 111 Å². The van der Waals surface area contributed by atoms with Crippen molar-refractivity contribution >= 4 is 40.3 Å².